The fourth-order valence-electron chi connectivity index (χ4n) is 0.622. The Morgan fingerprint density at radius 2 is 1.56 bits per heavy atom. The predicted octanol–water partition coefficient (Wildman–Crippen LogP) is 0.774. The van der Waals surface area contributed by atoms with Gasteiger partial charge in [-0.25, -0.2) is 0 Å². The van der Waals surface area contributed by atoms with Crippen LogP contribution in [0.5, 0.6) is 0 Å². The lowest BCUT2D eigenvalue weighted by atomic mass is 10.0. The van der Waals surface area contributed by atoms with Gasteiger partial charge in [0.05, 0.1) is 12.2 Å². The van der Waals surface area contributed by atoms with Crippen LogP contribution in [0.15, 0.2) is 0 Å². The van der Waals surface area contributed by atoms with Crippen molar-refractivity contribution in [1.29, 1.82) is 0 Å². The molecule has 0 saturated heterocycles. The number of hydrogen-bond donors (Lipinski definition) is 2. The van der Waals surface area contributed by atoms with Crippen molar-refractivity contribution in [2.24, 2.45) is 5.92 Å². The van der Waals surface area contributed by atoms with Crippen LogP contribution in [0.4, 0.5) is 0 Å². The number of aliphatic hydroxyl groups excluding tert-OH is 2. The molecule has 9 heavy (non-hydrogen) atoms. The van der Waals surface area contributed by atoms with Crippen LogP contribution in [0.2, 0.25) is 0 Å². The summed E-state index contributed by atoms with van der Waals surface area (Å²) in [6.45, 7) is 5.56. The normalized spacial score (nSPS) is 18.0. The van der Waals surface area contributed by atoms with Gasteiger partial charge in [-0.3, -0.25) is 0 Å². The third-order valence-electron chi connectivity index (χ3n) is 1.35. The first-order chi connectivity index (χ1) is 4.04. The van der Waals surface area contributed by atoms with Crippen molar-refractivity contribution in [3.8, 4) is 0 Å². The Kier molecular flexibility index (Phi) is 3.82. The van der Waals surface area contributed by atoms with Crippen LogP contribution in [-0.2, 0) is 0 Å². The van der Waals surface area contributed by atoms with Gasteiger partial charge in [-0.1, -0.05) is 13.8 Å². The summed E-state index contributed by atoms with van der Waals surface area (Å²) in [6.07, 6.45) is -0.259. The summed E-state index contributed by atoms with van der Waals surface area (Å²) in [5.74, 6) is 0.250. The van der Waals surface area contributed by atoms with Gasteiger partial charge in [0.25, 0.3) is 0 Å². The van der Waals surface area contributed by atoms with Gasteiger partial charge in [-0.2, -0.15) is 0 Å². The van der Waals surface area contributed by atoms with Crippen LogP contribution < -0.4 is 0 Å². The minimum Gasteiger partial charge on any atom is -0.393 e. The number of rotatable bonds is 3. The third-order valence-corrected chi connectivity index (χ3v) is 1.35. The first kappa shape index (κ1) is 8.92. The van der Waals surface area contributed by atoms with E-state index in [0.717, 1.165) is 0 Å². The van der Waals surface area contributed by atoms with Crippen LogP contribution in [0, 0.1) is 5.92 Å². The summed E-state index contributed by atoms with van der Waals surface area (Å²) < 4.78 is 0. The van der Waals surface area contributed by atoms with E-state index >= 15 is 0 Å². The summed E-state index contributed by atoms with van der Waals surface area (Å²) in [5, 5.41) is 17.9. The Morgan fingerprint density at radius 3 is 1.67 bits per heavy atom. The topological polar surface area (TPSA) is 40.5 Å². The molecule has 0 fully saturated rings. The average Bonchev–Trinajstić information content (AvgIpc) is 1.63. The molecule has 2 N–H and O–H groups in total. The Bertz CT molecular complexity index is 69.3. The van der Waals surface area contributed by atoms with Crippen LogP contribution in [0.3, 0.4) is 0 Å². The molecule has 0 radical (unpaired) electrons. The summed E-state index contributed by atoms with van der Waals surface area (Å²) in [6, 6.07) is 0. The zero-order chi connectivity index (χ0) is 7.44. The fourth-order valence-corrected chi connectivity index (χ4v) is 0.622. The van der Waals surface area contributed by atoms with Crippen molar-refractivity contribution in [1.82, 2.24) is 0 Å². The summed E-state index contributed by atoms with van der Waals surface area (Å²) in [5.41, 5.74) is 0. The molecule has 0 heterocycles. The highest BCUT2D eigenvalue weighted by Crippen LogP contribution is 2.07. The van der Waals surface area contributed by atoms with Crippen LogP contribution in [0.1, 0.15) is 27.2 Å². The van der Waals surface area contributed by atoms with Crippen molar-refractivity contribution in [2.75, 3.05) is 0 Å². The molecule has 0 aliphatic rings. The second kappa shape index (κ2) is 3.85. The predicted molar refractivity (Wildman–Crippen MR) is 37.1 cm³/mol. The largest absolute Gasteiger partial charge is 0.393 e. The molecule has 0 bridgehead atoms. The van der Waals surface area contributed by atoms with E-state index in [-0.39, 0.29) is 18.1 Å². The van der Waals surface area contributed by atoms with Gasteiger partial charge in [0.15, 0.2) is 0 Å². The van der Waals surface area contributed by atoms with Crippen molar-refractivity contribution < 1.29 is 10.2 Å². The zero-order valence-corrected chi connectivity index (χ0v) is 6.33. The van der Waals surface area contributed by atoms with Crippen LogP contribution in [-0.4, -0.2) is 22.4 Å². The lowest BCUT2D eigenvalue weighted by molar-refractivity contribution is 0.0613. The quantitative estimate of drug-likeness (QED) is 0.595. The first-order valence-corrected chi connectivity index (χ1v) is 3.40. The molecule has 56 valence electrons. The van der Waals surface area contributed by atoms with Gasteiger partial charge in [0.1, 0.15) is 0 Å². The van der Waals surface area contributed by atoms with Crippen molar-refractivity contribution >= 4 is 0 Å². The monoisotopic (exact) mass is 132 g/mol. The molecule has 2 nitrogen and oxygen atoms in total. The van der Waals surface area contributed by atoms with Crippen LogP contribution >= 0.6 is 0 Å². The molecule has 0 aliphatic carbocycles. The van der Waals surface area contributed by atoms with E-state index in [1.54, 1.807) is 6.92 Å². The Hall–Kier alpha value is -0.0800. The standard InChI is InChI=1S/C7H16O2/c1-5(2)7(9)4-6(3)8/h5-9H,4H2,1-3H3/t6-,7-/m0/s1. The minimum absolute atomic E-state index is 0.250. The number of aliphatic hydroxyl groups is 2. The SMILES string of the molecule is CC(C)[C@@H](O)C[C@H](C)O. The smallest absolute Gasteiger partial charge is 0.0587 e. The molecule has 2 heteroatoms. The van der Waals surface area contributed by atoms with E-state index in [4.69, 9.17) is 10.2 Å². The van der Waals surface area contributed by atoms with Gasteiger partial charge in [-0.05, 0) is 19.3 Å². The minimum atomic E-state index is -0.387. The maximum Gasteiger partial charge on any atom is 0.0587 e. The highest BCUT2D eigenvalue weighted by atomic mass is 16.3. The lowest BCUT2D eigenvalue weighted by Crippen LogP contribution is -2.20. The summed E-state index contributed by atoms with van der Waals surface area (Å²) >= 11 is 0. The molecule has 0 aromatic heterocycles. The van der Waals surface area contributed by atoms with E-state index in [1.165, 1.54) is 0 Å². The average molecular weight is 132 g/mol. The molecule has 0 aromatic rings. The Labute approximate surface area is 56.5 Å². The first-order valence-electron chi connectivity index (χ1n) is 3.40. The highest BCUT2D eigenvalue weighted by molar-refractivity contribution is 4.62. The molecular weight excluding hydrogens is 116 g/mol. The molecule has 0 unspecified atom stereocenters. The summed E-state index contributed by atoms with van der Waals surface area (Å²) in [7, 11) is 0. The Balaban J connectivity index is 3.38. The van der Waals surface area contributed by atoms with E-state index < -0.39 is 0 Å². The van der Waals surface area contributed by atoms with Crippen molar-refractivity contribution in [3.63, 3.8) is 0 Å². The second-order valence-electron chi connectivity index (χ2n) is 2.90. The lowest BCUT2D eigenvalue weighted by Gasteiger charge is -2.15. The molecule has 0 spiro atoms. The maximum absolute atomic E-state index is 9.14. The molecule has 0 amide bonds. The molecule has 2 atom stereocenters. The zero-order valence-electron chi connectivity index (χ0n) is 6.33. The van der Waals surface area contributed by atoms with E-state index in [2.05, 4.69) is 0 Å². The highest BCUT2D eigenvalue weighted by Gasteiger charge is 2.10. The molecule has 0 rings (SSSR count). The fraction of sp³-hybridized carbons (Fsp3) is 1.00. The molecular formula is C7H16O2. The molecule has 0 saturated carbocycles. The van der Waals surface area contributed by atoms with Gasteiger partial charge in [-0.15, -0.1) is 0 Å². The molecule has 0 aliphatic heterocycles. The third kappa shape index (κ3) is 4.43. The Morgan fingerprint density at radius 1 is 1.11 bits per heavy atom. The van der Waals surface area contributed by atoms with Crippen molar-refractivity contribution in [2.45, 2.75) is 39.4 Å². The van der Waals surface area contributed by atoms with E-state index in [9.17, 15) is 0 Å². The van der Waals surface area contributed by atoms with Gasteiger partial charge in [0.2, 0.25) is 0 Å². The number of hydrogen-bond acceptors (Lipinski definition) is 2. The second-order valence-corrected chi connectivity index (χ2v) is 2.90. The van der Waals surface area contributed by atoms with E-state index in [0.29, 0.717) is 6.42 Å². The maximum atomic E-state index is 9.14. The summed E-state index contributed by atoms with van der Waals surface area (Å²) in [4.78, 5) is 0. The van der Waals surface area contributed by atoms with Gasteiger partial charge >= 0.3 is 0 Å². The van der Waals surface area contributed by atoms with Gasteiger partial charge in [0, 0.05) is 0 Å². The van der Waals surface area contributed by atoms with Crippen molar-refractivity contribution in [3.05, 3.63) is 0 Å². The van der Waals surface area contributed by atoms with Crippen LogP contribution in [0.25, 0.3) is 0 Å². The van der Waals surface area contributed by atoms with Gasteiger partial charge < -0.3 is 10.2 Å². The van der Waals surface area contributed by atoms with E-state index in [1.807, 2.05) is 13.8 Å². The molecule has 0 aromatic carbocycles.